The van der Waals surface area contributed by atoms with Crippen LogP contribution in [0.3, 0.4) is 0 Å². The van der Waals surface area contributed by atoms with E-state index in [1.807, 2.05) is 18.2 Å². The minimum Gasteiger partial charge on any atom is -0.455 e. The molecule has 1 saturated carbocycles. The predicted molar refractivity (Wildman–Crippen MR) is 101 cm³/mol. The van der Waals surface area contributed by atoms with E-state index >= 15 is 0 Å². The third-order valence-corrected chi connectivity index (χ3v) is 5.88. The lowest BCUT2D eigenvalue weighted by Gasteiger charge is -2.14. The quantitative estimate of drug-likeness (QED) is 0.452. The van der Waals surface area contributed by atoms with Crippen LogP contribution in [-0.4, -0.2) is 10.9 Å². The average molecular weight is 331 g/mol. The smallest absolute Gasteiger partial charge is 0.143 e. The van der Waals surface area contributed by atoms with Gasteiger partial charge in [0.25, 0.3) is 0 Å². The standard InChI is InChI=1S/C22H21NO2/c24-23-19-13-12-15(14-6-1-2-7-14)21(19)18-10-5-9-17-16-8-3-4-11-20(16)25-22(17)18/h3-5,8-11,14,24H,1-2,6-7,12-13H2/b23-19+. The van der Waals surface area contributed by atoms with E-state index in [1.165, 1.54) is 31.3 Å². The zero-order valence-corrected chi connectivity index (χ0v) is 14.2. The van der Waals surface area contributed by atoms with Gasteiger partial charge >= 0.3 is 0 Å². The maximum Gasteiger partial charge on any atom is 0.143 e. The fraction of sp³-hybridized carbons (Fsp3) is 0.318. The Morgan fingerprint density at radius 2 is 1.72 bits per heavy atom. The number of nitrogens with zero attached hydrogens (tertiary/aromatic N) is 1. The first-order valence-electron chi connectivity index (χ1n) is 9.22. The van der Waals surface area contributed by atoms with E-state index in [2.05, 4.69) is 29.4 Å². The zero-order valence-electron chi connectivity index (χ0n) is 14.2. The number of furan rings is 1. The number of benzene rings is 2. The summed E-state index contributed by atoms with van der Waals surface area (Å²) in [4.78, 5) is 0. The summed E-state index contributed by atoms with van der Waals surface area (Å²) in [6, 6.07) is 14.5. The molecule has 1 heterocycles. The first-order valence-corrected chi connectivity index (χ1v) is 9.22. The third-order valence-electron chi connectivity index (χ3n) is 5.88. The molecule has 126 valence electrons. The molecule has 0 spiro atoms. The Morgan fingerprint density at radius 3 is 2.56 bits per heavy atom. The van der Waals surface area contributed by atoms with E-state index in [0.29, 0.717) is 5.92 Å². The minimum absolute atomic E-state index is 0.633. The minimum atomic E-state index is 0.633. The number of allylic oxidation sites excluding steroid dienone is 2. The van der Waals surface area contributed by atoms with Crippen LogP contribution in [0.15, 0.2) is 57.6 Å². The summed E-state index contributed by atoms with van der Waals surface area (Å²) >= 11 is 0. The number of fused-ring (bicyclic) bond motifs is 3. The fourth-order valence-corrected chi connectivity index (χ4v) is 4.74. The molecule has 25 heavy (non-hydrogen) atoms. The molecular formula is C22H21NO2. The molecule has 0 unspecified atom stereocenters. The van der Waals surface area contributed by atoms with Crippen LogP contribution in [0.4, 0.5) is 0 Å². The van der Waals surface area contributed by atoms with Crippen molar-refractivity contribution in [1.82, 2.24) is 0 Å². The second-order valence-electron chi connectivity index (χ2n) is 7.21. The summed E-state index contributed by atoms with van der Waals surface area (Å²) in [6.45, 7) is 0. The molecule has 0 atom stereocenters. The van der Waals surface area contributed by atoms with Gasteiger partial charge in [0, 0.05) is 21.9 Å². The average Bonchev–Trinajstić information content (AvgIpc) is 3.38. The van der Waals surface area contributed by atoms with Gasteiger partial charge in [0.2, 0.25) is 0 Å². The highest BCUT2D eigenvalue weighted by atomic mass is 16.4. The maximum absolute atomic E-state index is 9.59. The van der Waals surface area contributed by atoms with E-state index < -0.39 is 0 Å². The van der Waals surface area contributed by atoms with Crippen molar-refractivity contribution in [2.24, 2.45) is 11.1 Å². The number of oxime groups is 1. The monoisotopic (exact) mass is 331 g/mol. The summed E-state index contributed by atoms with van der Waals surface area (Å²) in [5.74, 6) is 0.633. The van der Waals surface area contributed by atoms with Gasteiger partial charge in [-0.1, -0.05) is 60.0 Å². The van der Waals surface area contributed by atoms with Crippen LogP contribution in [-0.2, 0) is 0 Å². The molecule has 0 aliphatic heterocycles. The van der Waals surface area contributed by atoms with Crippen LogP contribution in [0.25, 0.3) is 27.5 Å². The molecule has 3 nitrogen and oxygen atoms in total. The van der Waals surface area contributed by atoms with Gasteiger partial charge in [0.05, 0.1) is 5.71 Å². The van der Waals surface area contributed by atoms with Crippen molar-refractivity contribution in [3.8, 4) is 0 Å². The van der Waals surface area contributed by atoms with Gasteiger partial charge in [0.15, 0.2) is 0 Å². The summed E-state index contributed by atoms with van der Waals surface area (Å²) < 4.78 is 6.23. The van der Waals surface area contributed by atoms with Crippen molar-refractivity contribution in [1.29, 1.82) is 0 Å². The van der Waals surface area contributed by atoms with E-state index in [9.17, 15) is 5.21 Å². The second-order valence-corrected chi connectivity index (χ2v) is 7.21. The molecule has 0 bridgehead atoms. The van der Waals surface area contributed by atoms with Gasteiger partial charge in [-0.15, -0.1) is 0 Å². The Balaban J connectivity index is 1.79. The molecule has 5 rings (SSSR count). The highest BCUT2D eigenvalue weighted by Crippen LogP contribution is 2.45. The lowest BCUT2D eigenvalue weighted by atomic mass is 9.90. The van der Waals surface area contributed by atoms with Crippen LogP contribution in [0.5, 0.6) is 0 Å². The van der Waals surface area contributed by atoms with E-state index in [4.69, 9.17) is 4.42 Å². The largest absolute Gasteiger partial charge is 0.455 e. The van der Waals surface area contributed by atoms with Crippen molar-refractivity contribution < 1.29 is 9.62 Å². The maximum atomic E-state index is 9.59. The Hall–Kier alpha value is -2.55. The Labute approximate surface area is 146 Å². The Kier molecular flexibility index (Phi) is 3.40. The molecule has 1 fully saturated rings. The van der Waals surface area contributed by atoms with Crippen LogP contribution in [0, 0.1) is 5.92 Å². The number of hydrogen-bond donors (Lipinski definition) is 1. The lowest BCUT2D eigenvalue weighted by Crippen LogP contribution is -2.02. The normalized spacial score (nSPS) is 20.6. The molecule has 1 aromatic heterocycles. The van der Waals surface area contributed by atoms with Gasteiger partial charge in [-0.05, 0) is 37.7 Å². The van der Waals surface area contributed by atoms with Gasteiger partial charge in [-0.2, -0.15) is 0 Å². The van der Waals surface area contributed by atoms with Crippen molar-refractivity contribution in [2.45, 2.75) is 38.5 Å². The Bertz CT molecular complexity index is 1020. The summed E-state index contributed by atoms with van der Waals surface area (Å²) in [7, 11) is 0. The predicted octanol–water partition coefficient (Wildman–Crippen LogP) is 6.15. The van der Waals surface area contributed by atoms with Crippen LogP contribution in [0.1, 0.15) is 44.1 Å². The van der Waals surface area contributed by atoms with Gasteiger partial charge < -0.3 is 9.62 Å². The lowest BCUT2D eigenvalue weighted by molar-refractivity contribution is 0.319. The summed E-state index contributed by atoms with van der Waals surface area (Å²) in [6.07, 6.45) is 6.97. The molecule has 3 heteroatoms. The van der Waals surface area contributed by atoms with Crippen molar-refractivity contribution >= 4 is 33.2 Å². The highest BCUT2D eigenvalue weighted by Gasteiger charge is 2.31. The van der Waals surface area contributed by atoms with Crippen LogP contribution < -0.4 is 0 Å². The molecule has 0 amide bonds. The second kappa shape index (κ2) is 5.76. The summed E-state index contributed by atoms with van der Waals surface area (Å²) in [5, 5.41) is 15.5. The number of hydrogen-bond acceptors (Lipinski definition) is 3. The number of para-hydroxylation sites is 2. The van der Waals surface area contributed by atoms with Crippen molar-refractivity contribution in [3.63, 3.8) is 0 Å². The Morgan fingerprint density at radius 1 is 0.920 bits per heavy atom. The van der Waals surface area contributed by atoms with Crippen LogP contribution >= 0.6 is 0 Å². The zero-order chi connectivity index (χ0) is 16.8. The molecule has 1 N–H and O–H groups in total. The molecule has 0 radical (unpaired) electrons. The summed E-state index contributed by atoms with van der Waals surface area (Å²) in [5.41, 5.74) is 6.33. The molecule has 3 aromatic rings. The molecular weight excluding hydrogens is 310 g/mol. The first-order chi connectivity index (χ1) is 12.4. The van der Waals surface area contributed by atoms with Gasteiger partial charge in [0.1, 0.15) is 11.2 Å². The topological polar surface area (TPSA) is 45.7 Å². The van der Waals surface area contributed by atoms with Gasteiger partial charge in [-0.3, -0.25) is 0 Å². The van der Waals surface area contributed by atoms with Crippen molar-refractivity contribution in [3.05, 3.63) is 53.6 Å². The van der Waals surface area contributed by atoms with E-state index in [-0.39, 0.29) is 0 Å². The molecule has 2 aliphatic rings. The first kappa shape index (κ1) is 14.8. The van der Waals surface area contributed by atoms with Crippen LogP contribution in [0.2, 0.25) is 0 Å². The highest BCUT2D eigenvalue weighted by molar-refractivity contribution is 6.29. The third kappa shape index (κ3) is 2.22. The number of rotatable bonds is 2. The van der Waals surface area contributed by atoms with E-state index in [1.54, 1.807) is 0 Å². The van der Waals surface area contributed by atoms with Gasteiger partial charge in [-0.25, -0.2) is 0 Å². The molecule has 0 saturated heterocycles. The molecule has 2 aliphatic carbocycles. The van der Waals surface area contributed by atoms with E-state index in [0.717, 1.165) is 51.6 Å². The SMILES string of the molecule is O/N=C1\CCC(C2CCCC2)=C1c1cccc2c1oc1ccccc12. The molecule has 2 aromatic carbocycles. The fourth-order valence-electron chi connectivity index (χ4n) is 4.74. The van der Waals surface area contributed by atoms with Crippen molar-refractivity contribution in [2.75, 3.05) is 0 Å².